The molecule has 0 aromatic carbocycles. The summed E-state index contributed by atoms with van der Waals surface area (Å²) in [6.45, 7) is 1.50. The highest BCUT2D eigenvalue weighted by Gasteiger charge is 2.20. The summed E-state index contributed by atoms with van der Waals surface area (Å²) in [5.74, 6) is 1.85. The Labute approximate surface area is 90.9 Å². The first-order chi connectivity index (χ1) is 7.38. The van der Waals surface area contributed by atoms with E-state index in [-0.39, 0.29) is 0 Å². The van der Waals surface area contributed by atoms with Gasteiger partial charge in [-0.1, -0.05) is 18.9 Å². The van der Waals surface area contributed by atoms with E-state index in [1.54, 1.807) is 0 Å². The van der Waals surface area contributed by atoms with Gasteiger partial charge in [0.25, 0.3) is 0 Å². The first kappa shape index (κ1) is 10.4. The lowest BCUT2D eigenvalue weighted by atomic mass is 10.3. The smallest absolute Gasteiger partial charge is 0.126 e. The third-order valence-corrected chi connectivity index (χ3v) is 2.68. The number of hydrogen-bond donors (Lipinski definition) is 1. The molecule has 82 valence electrons. The van der Waals surface area contributed by atoms with E-state index < -0.39 is 0 Å². The molecule has 1 heterocycles. The first-order valence-corrected chi connectivity index (χ1v) is 5.60. The Morgan fingerprint density at radius 1 is 1.47 bits per heavy atom. The molecule has 3 heteroatoms. The van der Waals surface area contributed by atoms with Crippen LogP contribution in [0.25, 0.3) is 0 Å². The van der Waals surface area contributed by atoms with Crippen LogP contribution in [0.1, 0.15) is 25.0 Å². The molecule has 1 aromatic rings. The molecule has 0 aliphatic heterocycles. The highest BCUT2D eigenvalue weighted by atomic mass is 16.5. The van der Waals surface area contributed by atoms with Gasteiger partial charge in [0.05, 0.1) is 12.3 Å². The largest absolute Gasteiger partial charge is 0.375 e. The van der Waals surface area contributed by atoms with Gasteiger partial charge in [-0.05, 0) is 24.5 Å². The van der Waals surface area contributed by atoms with E-state index in [4.69, 9.17) is 4.74 Å². The lowest BCUT2D eigenvalue weighted by molar-refractivity contribution is 0.112. The van der Waals surface area contributed by atoms with Gasteiger partial charge in [-0.3, -0.25) is 0 Å². The van der Waals surface area contributed by atoms with Crippen LogP contribution in [0.4, 0.5) is 5.82 Å². The van der Waals surface area contributed by atoms with Crippen molar-refractivity contribution in [1.29, 1.82) is 0 Å². The molecule has 0 saturated heterocycles. The predicted octanol–water partition coefficient (Wildman–Crippen LogP) is 2.44. The summed E-state index contributed by atoms with van der Waals surface area (Å²) in [7, 11) is 1.88. The molecule has 1 aromatic heterocycles. The van der Waals surface area contributed by atoms with Crippen molar-refractivity contribution in [2.75, 3.05) is 19.0 Å². The van der Waals surface area contributed by atoms with Crippen molar-refractivity contribution in [3.05, 3.63) is 23.9 Å². The number of hydrogen-bond acceptors (Lipinski definition) is 3. The second-order valence-electron chi connectivity index (χ2n) is 4.05. The van der Waals surface area contributed by atoms with Crippen LogP contribution in [0, 0.1) is 5.92 Å². The Kier molecular flexibility index (Phi) is 3.56. The fraction of sp³-hybridized carbons (Fsp3) is 0.583. The Hall–Kier alpha value is -1.09. The van der Waals surface area contributed by atoms with E-state index in [0.717, 1.165) is 24.0 Å². The standard InChI is InChI=1S/C12H18N2O/c1-13-12-4-2-3-11(14-12)9-15-8-7-10-5-6-10/h2-4,10H,5-9H2,1H3,(H,13,14). The van der Waals surface area contributed by atoms with Gasteiger partial charge in [0.2, 0.25) is 0 Å². The van der Waals surface area contributed by atoms with Gasteiger partial charge >= 0.3 is 0 Å². The normalized spacial score (nSPS) is 15.3. The van der Waals surface area contributed by atoms with Crippen molar-refractivity contribution in [1.82, 2.24) is 4.98 Å². The molecule has 2 rings (SSSR count). The minimum absolute atomic E-state index is 0.627. The molecule has 0 radical (unpaired) electrons. The molecule has 1 fully saturated rings. The molecule has 1 aliphatic rings. The minimum atomic E-state index is 0.627. The molecule has 3 nitrogen and oxygen atoms in total. The third-order valence-electron chi connectivity index (χ3n) is 2.68. The Bertz CT molecular complexity index is 310. The average molecular weight is 206 g/mol. The van der Waals surface area contributed by atoms with Crippen LogP contribution in [0.5, 0.6) is 0 Å². The van der Waals surface area contributed by atoms with Gasteiger partial charge in [0, 0.05) is 13.7 Å². The van der Waals surface area contributed by atoms with Crippen LogP contribution >= 0.6 is 0 Å². The molecule has 0 spiro atoms. The van der Waals surface area contributed by atoms with E-state index in [2.05, 4.69) is 10.3 Å². The Balaban J connectivity index is 1.71. The predicted molar refractivity (Wildman–Crippen MR) is 60.8 cm³/mol. The molecule has 0 bridgehead atoms. The van der Waals surface area contributed by atoms with Gasteiger partial charge < -0.3 is 10.1 Å². The maximum absolute atomic E-state index is 5.58. The summed E-state index contributed by atoms with van der Waals surface area (Å²) in [5, 5.41) is 3.02. The number of aromatic nitrogens is 1. The second-order valence-corrected chi connectivity index (χ2v) is 4.05. The molecule has 1 N–H and O–H groups in total. The van der Waals surface area contributed by atoms with Gasteiger partial charge in [-0.25, -0.2) is 4.98 Å². The highest BCUT2D eigenvalue weighted by molar-refractivity contribution is 5.33. The van der Waals surface area contributed by atoms with E-state index in [9.17, 15) is 0 Å². The summed E-state index contributed by atoms with van der Waals surface area (Å²) < 4.78 is 5.58. The van der Waals surface area contributed by atoms with Crippen LogP contribution in [-0.4, -0.2) is 18.6 Å². The summed E-state index contributed by atoms with van der Waals surface area (Å²) in [6.07, 6.45) is 4.01. The lowest BCUT2D eigenvalue weighted by Gasteiger charge is -2.05. The molecule has 0 atom stereocenters. The van der Waals surface area contributed by atoms with Gasteiger partial charge in [-0.2, -0.15) is 0 Å². The number of ether oxygens (including phenoxy) is 1. The van der Waals surface area contributed by atoms with Crippen molar-refractivity contribution < 1.29 is 4.74 Å². The molecule has 1 aliphatic carbocycles. The zero-order chi connectivity index (χ0) is 10.5. The number of rotatable bonds is 6. The van der Waals surface area contributed by atoms with Crippen molar-refractivity contribution in [3.8, 4) is 0 Å². The SMILES string of the molecule is CNc1cccc(COCCC2CC2)n1. The van der Waals surface area contributed by atoms with Gasteiger partial charge in [0.15, 0.2) is 0 Å². The molecular weight excluding hydrogens is 188 g/mol. The number of nitrogens with one attached hydrogen (secondary N) is 1. The lowest BCUT2D eigenvalue weighted by Crippen LogP contribution is -2.00. The molecule has 15 heavy (non-hydrogen) atoms. The van der Waals surface area contributed by atoms with E-state index in [1.807, 2.05) is 25.2 Å². The van der Waals surface area contributed by atoms with E-state index >= 15 is 0 Å². The van der Waals surface area contributed by atoms with Crippen LogP contribution in [0.3, 0.4) is 0 Å². The fourth-order valence-corrected chi connectivity index (χ4v) is 1.53. The zero-order valence-corrected chi connectivity index (χ0v) is 9.20. The zero-order valence-electron chi connectivity index (χ0n) is 9.20. The van der Waals surface area contributed by atoms with Crippen molar-refractivity contribution >= 4 is 5.82 Å². The monoisotopic (exact) mass is 206 g/mol. The average Bonchev–Trinajstić information content (AvgIpc) is 3.09. The van der Waals surface area contributed by atoms with Crippen molar-refractivity contribution in [2.45, 2.75) is 25.9 Å². The van der Waals surface area contributed by atoms with Gasteiger partial charge in [0.1, 0.15) is 5.82 Å². The van der Waals surface area contributed by atoms with Crippen molar-refractivity contribution in [2.24, 2.45) is 5.92 Å². The highest BCUT2D eigenvalue weighted by Crippen LogP contribution is 2.32. The van der Waals surface area contributed by atoms with Crippen LogP contribution in [-0.2, 0) is 11.3 Å². The number of anilines is 1. The summed E-state index contributed by atoms with van der Waals surface area (Å²) in [6, 6.07) is 5.95. The second kappa shape index (κ2) is 5.12. The van der Waals surface area contributed by atoms with Crippen LogP contribution in [0.15, 0.2) is 18.2 Å². The van der Waals surface area contributed by atoms with Crippen LogP contribution < -0.4 is 5.32 Å². The maximum Gasteiger partial charge on any atom is 0.126 e. The van der Waals surface area contributed by atoms with E-state index in [1.165, 1.54) is 19.3 Å². The quantitative estimate of drug-likeness (QED) is 0.726. The summed E-state index contributed by atoms with van der Waals surface area (Å²) in [4.78, 5) is 4.39. The van der Waals surface area contributed by atoms with Gasteiger partial charge in [-0.15, -0.1) is 0 Å². The minimum Gasteiger partial charge on any atom is -0.375 e. The number of nitrogens with zero attached hydrogens (tertiary/aromatic N) is 1. The Morgan fingerprint density at radius 3 is 3.07 bits per heavy atom. The molecular formula is C12H18N2O. The number of pyridine rings is 1. The molecule has 1 saturated carbocycles. The molecule has 0 amide bonds. The molecule has 0 unspecified atom stereocenters. The summed E-state index contributed by atoms with van der Waals surface area (Å²) in [5.41, 5.74) is 0.998. The fourth-order valence-electron chi connectivity index (χ4n) is 1.53. The Morgan fingerprint density at radius 2 is 2.33 bits per heavy atom. The van der Waals surface area contributed by atoms with Crippen molar-refractivity contribution in [3.63, 3.8) is 0 Å². The maximum atomic E-state index is 5.58. The van der Waals surface area contributed by atoms with Crippen LogP contribution in [0.2, 0.25) is 0 Å². The topological polar surface area (TPSA) is 34.1 Å². The first-order valence-electron chi connectivity index (χ1n) is 5.60. The summed E-state index contributed by atoms with van der Waals surface area (Å²) >= 11 is 0. The third kappa shape index (κ3) is 3.51. The van der Waals surface area contributed by atoms with E-state index in [0.29, 0.717) is 6.61 Å².